The highest BCUT2D eigenvalue weighted by molar-refractivity contribution is 5.87. The molecule has 3 rings (SSSR count). The number of aromatic nitrogens is 1. The Morgan fingerprint density at radius 2 is 2.07 bits per heavy atom. The second-order valence-corrected chi connectivity index (χ2v) is 8.15. The second-order valence-electron chi connectivity index (χ2n) is 8.15. The van der Waals surface area contributed by atoms with E-state index in [-0.39, 0.29) is 0 Å². The third-order valence-corrected chi connectivity index (χ3v) is 6.19. The lowest BCUT2D eigenvalue weighted by atomic mass is 9.86. The number of hydrogen-bond acceptors (Lipinski definition) is 4. The van der Waals surface area contributed by atoms with Crippen LogP contribution in [0.1, 0.15) is 56.9 Å². The fourth-order valence-electron chi connectivity index (χ4n) is 4.27. The molecule has 1 aliphatic heterocycles. The molecule has 1 unspecified atom stereocenters. The maximum Gasteiger partial charge on any atom is 0.120 e. The van der Waals surface area contributed by atoms with Crippen molar-refractivity contribution in [1.29, 1.82) is 0 Å². The number of rotatable bonds is 8. The van der Waals surface area contributed by atoms with Crippen molar-refractivity contribution in [1.82, 2.24) is 9.88 Å². The maximum absolute atomic E-state index is 11.2. The van der Waals surface area contributed by atoms with Gasteiger partial charge in [-0.15, -0.1) is 0 Å². The first-order chi connectivity index (χ1) is 14.4. The lowest BCUT2D eigenvalue weighted by Gasteiger charge is -2.27. The highest BCUT2D eigenvalue weighted by atomic mass is 16.3. The van der Waals surface area contributed by atoms with Crippen molar-refractivity contribution in [2.45, 2.75) is 58.6 Å². The summed E-state index contributed by atoms with van der Waals surface area (Å²) in [5.41, 5.74) is 6.26. The number of benzene rings is 1. The van der Waals surface area contributed by atoms with Crippen LogP contribution in [0.4, 0.5) is 0 Å². The van der Waals surface area contributed by atoms with Gasteiger partial charge in [0, 0.05) is 31.0 Å². The van der Waals surface area contributed by atoms with Gasteiger partial charge in [0.2, 0.25) is 0 Å². The van der Waals surface area contributed by atoms with Crippen LogP contribution < -0.4 is 0 Å². The third kappa shape index (κ3) is 3.97. The van der Waals surface area contributed by atoms with Gasteiger partial charge >= 0.3 is 0 Å². The zero-order chi connectivity index (χ0) is 21.9. The molecule has 1 N–H and O–H groups in total. The highest BCUT2D eigenvalue weighted by Gasteiger charge is 2.30. The predicted molar refractivity (Wildman–Crippen MR) is 124 cm³/mol. The minimum absolute atomic E-state index is 0.406. The Labute approximate surface area is 179 Å². The summed E-state index contributed by atoms with van der Waals surface area (Å²) < 4.78 is 0. The van der Waals surface area contributed by atoms with Crippen molar-refractivity contribution in [3.63, 3.8) is 0 Å². The molecule has 0 aliphatic carbocycles. The monoisotopic (exact) mass is 404 g/mol. The first kappa shape index (κ1) is 22.0. The molecule has 158 valence electrons. The molecule has 0 saturated heterocycles. The Morgan fingerprint density at radius 1 is 1.33 bits per heavy atom. The second kappa shape index (κ2) is 8.97. The molecule has 0 fully saturated rings. The number of para-hydroxylation sites is 1. The maximum atomic E-state index is 11.2. The van der Waals surface area contributed by atoms with Crippen LogP contribution in [0.25, 0.3) is 16.6 Å². The number of fused-ring (bicyclic) bond motifs is 2. The van der Waals surface area contributed by atoms with Gasteiger partial charge in [0.25, 0.3) is 0 Å². The minimum atomic E-state index is -1.02. The van der Waals surface area contributed by atoms with Gasteiger partial charge in [-0.25, -0.2) is 4.98 Å². The molecule has 2 aromatic rings. The summed E-state index contributed by atoms with van der Waals surface area (Å²) in [4.78, 5) is 18.2. The van der Waals surface area contributed by atoms with Crippen molar-refractivity contribution in [3.05, 3.63) is 71.0 Å². The Balaban J connectivity index is 2.26. The van der Waals surface area contributed by atoms with E-state index in [0.717, 1.165) is 47.3 Å². The first-order valence-electron chi connectivity index (χ1n) is 10.7. The third-order valence-electron chi connectivity index (χ3n) is 6.19. The van der Waals surface area contributed by atoms with Crippen molar-refractivity contribution < 1.29 is 9.90 Å². The van der Waals surface area contributed by atoms with Crippen LogP contribution >= 0.6 is 0 Å². The zero-order valence-electron chi connectivity index (χ0n) is 18.5. The van der Waals surface area contributed by atoms with E-state index in [1.165, 1.54) is 16.5 Å². The van der Waals surface area contributed by atoms with E-state index in [1.807, 2.05) is 19.9 Å². The van der Waals surface area contributed by atoms with Gasteiger partial charge in [-0.05, 0) is 55.0 Å². The van der Waals surface area contributed by atoms with Gasteiger partial charge in [0.15, 0.2) is 0 Å². The fraction of sp³-hybridized carbons (Fsp3) is 0.385. The van der Waals surface area contributed by atoms with E-state index in [2.05, 4.69) is 49.7 Å². The van der Waals surface area contributed by atoms with E-state index >= 15 is 0 Å². The Bertz CT molecular complexity index is 1030. The van der Waals surface area contributed by atoms with Crippen LogP contribution in [-0.2, 0) is 17.8 Å². The molecule has 1 atom stereocenters. The molecule has 1 aromatic carbocycles. The molecule has 0 amide bonds. The van der Waals surface area contributed by atoms with Crippen molar-refractivity contribution in [2.24, 2.45) is 0 Å². The van der Waals surface area contributed by atoms with Crippen molar-refractivity contribution in [3.8, 4) is 0 Å². The molecule has 1 aromatic heterocycles. The number of pyridine rings is 1. The number of allylic oxidation sites excluding steroid dienone is 2. The zero-order valence-corrected chi connectivity index (χ0v) is 18.5. The number of aldehydes is 1. The number of nitrogens with zero attached hydrogens (tertiary/aromatic N) is 2. The molecule has 0 spiro atoms. The topological polar surface area (TPSA) is 53.4 Å². The Kier molecular flexibility index (Phi) is 6.57. The van der Waals surface area contributed by atoms with Crippen LogP contribution in [-0.4, -0.2) is 33.9 Å². The van der Waals surface area contributed by atoms with Crippen LogP contribution in [0.3, 0.4) is 0 Å². The highest BCUT2D eigenvalue weighted by Crippen LogP contribution is 2.39. The molecular weight excluding hydrogens is 372 g/mol. The van der Waals surface area contributed by atoms with E-state index in [4.69, 9.17) is 4.98 Å². The van der Waals surface area contributed by atoms with E-state index in [0.29, 0.717) is 19.3 Å². The average Bonchev–Trinajstić information content (AvgIpc) is 3.06. The van der Waals surface area contributed by atoms with Crippen LogP contribution in [0.2, 0.25) is 0 Å². The van der Waals surface area contributed by atoms with E-state index < -0.39 is 5.60 Å². The number of carbonyl (C=O) groups excluding carboxylic acids is 1. The lowest BCUT2D eigenvalue weighted by Crippen LogP contribution is -2.27. The fourth-order valence-corrected chi connectivity index (χ4v) is 4.27. The summed E-state index contributed by atoms with van der Waals surface area (Å²) in [6, 6.07) is 8.29. The van der Waals surface area contributed by atoms with Crippen molar-refractivity contribution >= 4 is 22.9 Å². The molecule has 1 aliphatic rings. The molecular formula is C26H32N2O2. The largest absolute Gasteiger partial charge is 0.385 e. The standard InChI is InChI=1S/C26H32N2O2/c1-6-18(12-11-15-29)22(26(4,30)8-3)16-24-25-21(17-28(24)5)19(7-2)20-13-9-10-14-23(20)27-25/h6,9-10,13-16,30H,1,7-8,11-12,17H2,2-5H3/b22-18-,24-16-. The first-order valence-corrected chi connectivity index (χ1v) is 10.7. The smallest absolute Gasteiger partial charge is 0.120 e. The van der Waals surface area contributed by atoms with Gasteiger partial charge in [-0.3, -0.25) is 0 Å². The molecule has 0 bridgehead atoms. The van der Waals surface area contributed by atoms with Crippen LogP contribution in [0.5, 0.6) is 0 Å². The minimum Gasteiger partial charge on any atom is -0.385 e. The van der Waals surface area contributed by atoms with E-state index in [1.54, 1.807) is 6.08 Å². The Hall–Kier alpha value is -2.72. The summed E-state index contributed by atoms with van der Waals surface area (Å²) in [6.45, 7) is 10.7. The predicted octanol–water partition coefficient (Wildman–Crippen LogP) is 5.21. The van der Waals surface area contributed by atoms with Gasteiger partial charge < -0.3 is 14.8 Å². The van der Waals surface area contributed by atoms with E-state index in [9.17, 15) is 9.90 Å². The summed E-state index contributed by atoms with van der Waals surface area (Å²) in [7, 11) is 2.06. The number of aryl methyl sites for hydroxylation is 1. The summed E-state index contributed by atoms with van der Waals surface area (Å²) >= 11 is 0. The van der Waals surface area contributed by atoms with Gasteiger partial charge in [0.05, 0.1) is 22.5 Å². The number of aliphatic hydroxyl groups is 1. The molecule has 4 heteroatoms. The molecule has 30 heavy (non-hydrogen) atoms. The SMILES string of the molecule is C=C/C(CCC=O)=C(\C=C1\c2nc3ccccc3c(CC)c2CN1C)C(C)(O)CC. The lowest BCUT2D eigenvalue weighted by molar-refractivity contribution is -0.107. The van der Waals surface area contributed by atoms with Gasteiger partial charge in [0.1, 0.15) is 6.29 Å². The van der Waals surface area contributed by atoms with Gasteiger partial charge in [-0.2, -0.15) is 0 Å². The molecule has 0 radical (unpaired) electrons. The molecule has 2 heterocycles. The van der Waals surface area contributed by atoms with Gasteiger partial charge in [-0.1, -0.05) is 44.7 Å². The number of carbonyl (C=O) groups is 1. The summed E-state index contributed by atoms with van der Waals surface area (Å²) in [5.74, 6) is 0. The summed E-state index contributed by atoms with van der Waals surface area (Å²) in [5, 5.41) is 12.4. The normalized spacial score (nSPS) is 17.6. The molecule has 4 nitrogen and oxygen atoms in total. The quantitative estimate of drug-likeness (QED) is 0.485. The van der Waals surface area contributed by atoms with Crippen LogP contribution in [0.15, 0.2) is 54.1 Å². The van der Waals surface area contributed by atoms with Crippen LogP contribution in [0, 0.1) is 0 Å². The summed E-state index contributed by atoms with van der Waals surface area (Å²) in [6.07, 6.45) is 7.20. The Morgan fingerprint density at radius 3 is 2.70 bits per heavy atom. The van der Waals surface area contributed by atoms with Crippen molar-refractivity contribution in [2.75, 3.05) is 7.05 Å². The number of hydrogen-bond donors (Lipinski definition) is 1. The average molecular weight is 405 g/mol. The molecule has 0 saturated carbocycles.